The van der Waals surface area contributed by atoms with Crippen LogP contribution in [0.25, 0.3) is 0 Å². The molecule has 2 nitrogen and oxygen atoms in total. The van der Waals surface area contributed by atoms with E-state index in [4.69, 9.17) is 5.73 Å². The Balaban J connectivity index is 2.56. The van der Waals surface area contributed by atoms with Crippen LogP contribution in [0.4, 0.5) is 0 Å². The molecular formula is C19H40N2. The molecule has 1 aliphatic carbocycles. The molecule has 4 unspecified atom stereocenters. The highest BCUT2D eigenvalue weighted by molar-refractivity contribution is 4.87. The molecular weight excluding hydrogens is 256 g/mol. The molecule has 0 aliphatic heterocycles. The maximum Gasteiger partial charge on any atom is 0.00844 e. The van der Waals surface area contributed by atoms with E-state index in [9.17, 15) is 0 Å². The summed E-state index contributed by atoms with van der Waals surface area (Å²) >= 11 is 0. The van der Waals surface area contributed by atoms with E-state index >= 15 is 0 Å². The number of hydrogen-bond donors (Lipinski definition) is 1. The lowest BCUT2D eigenvalue weighted by atomic mass is 9.72. The van der Waals surface area contributed by atoms with E-state index in [2.05, 4.69) is 46.4 Å². The fourth-order valence-electron chi connectivity index (χ4n) is 3.76. The highest BCUT2D eigenvalue weighted by Gasteiger charge is 2.32. The van der Waals surface area contributed by atoms with Gasteiger partial charge in [-0.15, -0.1) is 0 Å². The predicted octanol–water partition coefficient (Wildman–Crippen LogP) is 4.39. The van der Waals surface area contributed by atoms with E-state index in [1.165, 1.54) is 45.3 Å². The van der Waals surface area contributed by atoms with Crippen molar-refractivity contribution in [3.8, 4) is 0 Å². The summed E-state index contributed by atoms with van der Waals surface area (Å²) in [6.07, 6.45) is 5.20. The van der Waals surface area contributed by atoms with Crippen LogP contribution in [0, 0.1) is 29.6 Å². The lowest BCUT2D eigenvalue weighted by Crippen LogP contribution is -2.47. The third-order valence-corrected chi connectivity index (χ3v) is 5.24. The second-order valence-electron chi connectivity index (χ2n) is 8.55. The first-order valence-corrected chi connectivity index (χ1v) is 9.27. The zero-order chi connectivity index (χ0) is 16.0. The van der Waals surface area contributed by atoms with Gasteiger partial charge in [-0.25, -0.2) is 0 Å². The van der Waals surface area contributed by atoms with Gasteiger partial charge < -0.3 is 10.6 Å². The Morgan fingerprint density at radius 1 is 0.952 bits per heavy atom. The predicted molar refractivity (Wildman–Crippen MR) is 94.4 cm³/mol. The van der Waals surface area contributed by atoms with Crippen molar-refractivity contribution >= 4 is 0 Å². The summed E-state index contributed by atoms with van der Waals surface area (Å²) in [6.45, 7) is 17.8. The maximum atomic E-state index is 6.49. The van der Waals surface area contributed by atoms with Gasteiger partial charge in [-0.1, -0.05) is 41.5 Å². The lowest BCUT2D eigenvalue weighted by molar-refractivity contribution is 0.112. The minimum atomic E-state index is 0.407. The Labute approximate surface area is 133 Å². The normalized spacial score (nSPS) is 30.6. The molecule has 2 heteroatoms. The molecule has 2 N–H and O–H groups in total. The molecule has 1 fully saturated rings. The highest BCUT2D eigenvalue weighted by Crippen LogP contribution is 2.33. The van der Waals surface area contributed by atoms with Crippen LogP contribution >= 0.6 is 0 Å². The second-order valence-corrected chi connectivity index (χ2v) is 8.55. The van der Waals surface area contributed by atoms with Crippen molar-refractivity contribution in [3.63, 3.8) is 0 Å². The molecule has 4 atom stereocenters. The minimum absolute atomic E-state index is 0.407. The third-order valence-electron chi connectivity index (χ3n) is 5.24. The van der Waals surface area contributed by atoms with Gasteiger partial charge >= 0.3 is 0 Å². The molecule has 0 aromatic rings. The van der Waals surface area contributed by atoms with E-state index in [-0.39, 0.29) is 0 Å². The van der Waals surface area contributed by atoms with E-state index < -0.39 is 0 Å². The van der Waals surface area contributed by atoms with Gasteiger partial charge in [-0.2, -0.15) is 0 Å². The SMILES string of the molecule is CC(C)CCN(CCC(C)C)CC1C(C)CC(C)CC1N. The van der Waals surface area contributed by atoms with Crippen LogP contribution in [-0.4, -0.2) is 30.6 Å². The fourth-order valence-corrected chi connectivity index (χ4v) is 3.76. The smallest absolute Gasteiger partial charge is 0.00844 e. The van der Waals surface area contributed by atoms with Crippen LogP contribution in [0.5, 0.6) is 0 Å². The van der Waals surface area contributed by atoms with Gasteiger partial charge in [0.25, 0.3) is 0 Å². The summed E-state index contributed by atoms with van der Waals surface area (Å²) in [7, 11) is 0. The zero-order valence-electron chi connectivity index (χ0n) is 15.4. The van der Waals surface area contributed by atoms with Crippen molar-refractivity contribution < 1.29 is 0 Å². The summed E-state index contributed by atoms with van der Waals surface area (Å²) in [5.41, 5.74) is 6.49. The summed E-state index contributed by atoms with van der Waals surface area (Å²) in [5, 5.41) is 0. The van der Waals surface area contributed by atoms with Crippen LogP contribution in [0.3, 0.4) is 0 Å². The van der Waals surface area contributed by atoms with Crippen molar-refractivity contribution in [1.29, 1.82) is 0 Å². The van der Waals surface area contributed by atoms with E-state index in [1.807, 2.05) is 0 Å². The number of nitrogens with two attached hydrogens (primary N) is 1. The first-order chi connectivity index (χ1) is 9.79. The average molecular weight is 297 g/mol. The first kappa shape index (κ1) is 19.0. The highest BCUT2D eigenvalue weighted by atomic mass is 15.1. The lowest BCUT2D eigenvalue weighted by Gasteiger charge is -2.40. The molecule has 0 radical (unpaired) electrons. The molecule has 1 rings (SSSR count). The van der Waals surface area contributed by atoms with Crippen LogP contribution in [0.15, 0.2) is 0 Å². The Morgan fingerprint density at radius 2 is 1.48 bits per heavy atom. The molecule has 0 saturated heterocycles. The standard InChI is InChI=1S/C19H40N2/c1-14(2)7-9-21(10-8-15(3)4)13-18-17(6)11-16(5)12-19(18)20/h14-19H,7-13,20H2,1-6H3. The number of nitrogens with zero attached hydrogens (tertiary/aromatic N) is 1. The topological polar surface area (TPSA) is 29.3 Å². The van der Waals surface area contributed by atoms with Gasteiger partial charge in [-0.3, -0.25) is 0 Å². The molecule has 1 saturated carbocycles. The molecule has 0 aromatic heterocycles. The number of hydrogen-bond acceptors (Lipinski definition) is 2. The third kappa shape index (κ3) is 7.15. The van der Waals surface area contributed by atoms with Crippen molar-refractivity contribution in [2.75, 3.05) is 19.6 Å². The largest absolute Gasteiger partial charge is 0.327 e. The Morgan fingerprint density at radius 3 is 1.90 bits per heavy atom. The van der Waals surface area contributed by atoms with Gasteiger partial charge in [-0.05, 0) is 68.4 Å². The van der Waals surface area contributed by atoms with E-state index in [0.717, 1.165) is 23.7 Å². The molecule has 0 spiro atoms. The first-order valence-electron chi connectivity index (χ1n) is 9.27. The quantitative estimate of drug-likeness (QED) is 0.720. The number of rotatable bonds is 8. The van der Waals surface area contributed by atoms with Crippen LogP contribution in [0.1, 0.15) is 67.2 Å². The van der Waals surface area contributed by atoms with Gasteiger partial charge in [0, 0.05) is 12.6 Å². The van der Waals surface area contributed by atoms with Gasteiger partial charge in [0.05, 0.1) is 0 Å². The monoisotopic (exact) mass is 296 g/mol. The van der Waals surface area contributed by atoms with E-state index in [1.54, 1.807) is 0 Å². The maximum absolute atomic E-state index is 6.49. The van der Waals surface area contributed by atoms with Gasteiger partial charge in [0.15, 0.2) is 0 Å². The van der Waals surface area contributed by atoms with Crippen LogP contribution in [-0.2, 0) is 0 Å². The second kappa shape index (κ2) is 9.15. The molecule has 126 valence electrons. The minimum Gasteiger partial charge on any atom is -0.327 e. The molecule has 0 aromatic carbocycles. The fraction of sp³-hybridized carbons (Fsp3) is 1.00. The van der Waals surface area contributed by atoms with Gasteiger partial charge in [0.2, 0.25) is 0 Å². The molecule has 21 heavy (non-hydrogen) atoms. The Bertz CT molecular complexity index is 251. The Hall–Kier alpha value is -0.0800. The average Bonchev–Trinajstić information content (AvgIpc) is 2.35. The van der Waals surface area contributed by atoms with Crippen molar-refractivity contribution in [1.82, 2.24) is 4.90 Å². The van der Waals surface area contributed by atoms with Crippen molar-refractivity contribution in [2.24, 2.45) is 35.3 Å². The van der Waals surface area contributed by atoms with Crippen molar-refractivity contribution in [3.05, 3.63) is 0 Å². The van der Waals surface area contributed by atoms with Crippen LogP contribution < -0.4 is 5.73 Å². The Kier molecular flexibility index (Phi) is 8.26. The molecule has 1 aliphatic rings. The molecule has 0 bridgehead atoms. The summed E-state index contributed by atoms with van der Waals surface area (Å²) in [4.78, 5) is 2.71. The summed E-state index contributed by atoms with van der Waals surface area (Å²) in [5.74, 6) is 3.88. The molecule has 0 amide bonds. The van der Waals surface area contributed by atoms with Crippen molar-refractivity contribution in [2.45, 2.75) is 73.3 Å². The zero-order valence-corrected chi connectivity index (χ0v) is 15.4. The summed E-state index contributed by atoms with van der Waals surface area (Å²) in [6, 6.07) is 0.407. The summed E-state index contributed by atoms with van der Waals surface area (Å²) < 4.78 is 0. The van der Waals surface area contributed by atoms with E-state index in [0.29, 0.717) is 12.0 Å². The van der Waals surface area contributed by atoms with Crippen LogP contribution in [0.2, 0.25) is 0 Å². The molecule has 0 heterocycles. The van der Waals surface area contributed by atoms with Gasteiger partial charge in [0.1, 0.15) is 0 Å².